The summed E-state index contributed by atoms with van der Waals surface area (Å²) in [5.41, 5.74) is 5.64. The van der Waals surface area contributed by atoms with Gasteiger partial charge in [-0.2, -0.15) is 17.2 Å². The molecule has 3 aliphatic rings. The van der Waals surface area contributed by atoms with Gasteiger partial charge in [0.25, 0.3) is 0 Å². The molecule has 1 aliphatic heterocycles. The van der Waals surface area contributed by atoms with E-state index in [1.807, 2.05) is 0 Å². The first-order valence-corrected chi connectivity index (χ1v) is 10.0. The van der Waals surface area contributed by atoms with Crippen molar-refractivity contribution in [1.29, 1.82) is 0 Å². The molecule has 0 spiro atoms. The van der Waals surface area contributed by atoms with E-state index in [0.717, 1.165) is 15.9 Å². The number of hydrogen-bond acceptors (Lipinski definition) is 0. The van der Waals surface area contributed by atoms with Gasteiger partial charge in [0.2, 0.25) is 0 Å². The van der Waals surface area contributed by atoms with E-state index in [0.29, 0.717) is 5.92 Å². The monoisotopic (exact) mass is 363 g/mol. The van der Waals surface area contributed by atoms with Gasteiger partial charge in [-0.05, 0) is 0 Å². The molecule has 1 atom stereocenters. The minimum Gasteiger partial charge on any atom is -0.269 e. The van der Waals surface area contributed by atoms with Crippen LogP contribution >= 0.6 is 0 Å². The van der Waals surface area contributed by atoms with Crippen molar-refractivity contribution in [1.82, 2.24) is 0 Å². The molecule has 0 aromatic heterocycles. The zero-order valence-electron chi connectivity index (χ0n) is 15.3. The zero-order valence-corrected chi connectivity index (χ0v) is 19.4. The Kier molecular flexibility index (Phi) is 12.1. The van der Waals surface area contributed by atoms with Crippen molar-refractivity contribution in [3.63, 3.8) is 0 Å². The molecule has 0 amide bonds. The average molecular weight is 365 g/mol. The van der Waals surface area contributed by atoms with Gasteiger partial charge in [-0.1, -0.05) is 65.0 Å². The predicted octanol–water partition coefficient (Wildman–Crippen LogP) is 5.86. The summed E-state index contributed by atoms with van der Waals surface area (Å²) in [5, 5.41) is 0. The van der Waals surface area contributed by atoms with Crippen LogP contribution in [0.5, 0.6) is 0 Å². The first-order valence-electron chi connectivity index (χ1n) is 8.42. The Hall–Kier alpha value is -0.200. The van der Waals surface area contributed by atoms with E-state index in [2.05, 4.69) is 58.9 Å². The standard InChI is InChI=1S/C9H13.C8H11.C3H7Si.Zn/c1-6-5-7(2)9(4)8(6)3;1-2-5-8-6-3-4-7-8;1-2-4-3-1;/h6H,1-4H3;3,6H,2,4-5H2,1H3;4H,1-3H2;/q2*-1;;+2. The molecule has 0 bridgehead atoms. The Balaban J connectivity index is 0.000000312. The van der Waals surface area contributed by atoms with E-state index in [1.54, 1.807) is 12.1 Å². The zero-order chi connectivity index (χ0) is 15.7. The maximum Gasteiger partial charge on any atom is 2.00 e. The first kappa shape index (κ1) is 21.8. The molecule has 0 nitrogen and oxygen atoms in total. The second-order valence-electron chi connectivity index (χ2n) is 6.08. The Bertz CT molecular complexity index is 433. The van der Waals surface area contributed by atoms with Crippen LogP contribution in [0.25, 0.3) is 0 Å². The maximum absolute atomic E-state index is 3.36. The van der Waals surface area contributed by atoms with E-state index in [-0.39, 0.29) is 19.5 Å². The summed E-state index contributed by atoms with van der Waals surface area (Å²) in [4.78, 5) is 0. The molecule has 1 saturated heterocycles. The number of rotatable bonds is 2. The molecule has 1 heterocycles. The van der Waals surface area contributed by atoms with Crippen LogP contribution < -0.4 is 0 Å². The molecule has 117 valence electrons. The summed E-state index contributed by atoms with van der Waals surface area (Å²) in [7, 11) is 0.963. The molecule has 0 N–H and O–H groups in total. The van der Waals surface area contributed by atoms with Crippen molar-refractivity contribution in [2.75, 3.05) is 0 Å². The largest absolute Gasteiger partial charge is 2.00 e. The number of allylic oxidation sites excluding steroid dienone is 8. The summed E-state index contributed by atoms with van der Waals surface area (Å²) in [6.45, 7) is 10.9. The summed E-state index contributed by atoms with van der Waals surface area (Å²) in [5.74, 6) is 0.560. The fourth-order valence-electron chi connectivity index (χ4n) is 2.26. The maximum atomic E-state index is 3.36. The van der Waals surface area contributed by atoms with Crippen LogP contribution in [-0.4, -0.2) is 9.52 Å². The summed E-state index contributed by atoms with van der Waals surface area (Å²) < 4.78 is 0. The van der Waals surface area contributed by atoms with Crippen LogP contribution in [0.15, 0.2) is 34.4 Å². The van der Waals surface area contributed by atoms with Gasteiger partial charge >= 0.3 is 19.5 Å². The van der Waals surface area contributed by atoms with Crippen LogP contribution in [0.2, 0.25) is 12.1 Å². The molecule has 1 unspecified atom stereocenters. The first-order chi connectivity index (χ1) is 10.1. The van der Waals surface area contributed by atoms with Gasteiger partial charge in [0.15, 0.2) is 0 Å². The molecule has 2 heteroatoms. The molecule has 2 aliphatic carbocycles. The Morgan fingerprint density at radius 3 is 2.05 bits per heavy atom. The van der Waals surface area contributed by atoms with Gasteiger partial charge in [0.05, 0.1) is 0 Å². The number of hydrogen-bond donors (Lipinski definition) is 0. The Labute approximate surface area is 153 Å². The fraction of sp³-hybridized carbons (Fsp3) is 0.600. The van der Waals surface area contributed by atoms with Gasteiger partial charge in [0.1, 0.15) is 0 Å². The van der Waals surface area contributed by atoms with E-state index in [1.165, 1.54) is 41.6 Å². The minimum atomic E-state index is 0. The molecular formula is C20H31SiZn. The second-order valence-corrected chi connectivity index (χ2v) is 7.81. The SMILES string of the molecule is C1C[SiH]C1.CC1=[C-]C(C)C(C)=C1C.CCCC1=[C-]CC=C1.[Zn+2]. The third kappa shape index (κ3) is 7.88. The molecule has 22 heavy (non-hydrogen) atoms. The van der Waals surface area contributed by atoms with E-state index in [9.17, 15) is 0 Å². The Morgan fingerprint density at radius 1 is 1.23 bits per heavy atom. The molecule has 1 radical (unpaired) electrons. The van der Waals surface area contributed by atoms with Crippen LogP contribution in [0, 0.1) is 18.1 Å². The molecule has 3 rings (SSSR count). The van der Waals surface area contributed by atoms with Crippen molar-refractivity contribution in [3.8, 4) is 0 Å². The van der Waals surface area contributed by atoms with Crippen LogP contribution in [0.4, 0.5) is 0 Å². The van der Waals surface area contributed by atoms with E-state index < -0.39 is 0 Å². The van der Waals surface area contributed by atoms with Crippen molar-refractivity contribution in [3.05, 3.63) is 46.6 Å². The van der Waals surface area contributed by atoms with Gasteiger partial charge < -0.3 is 0 Å². The molecular weight excluding hydrogens is 334 g/mol. The van der Waals surface area contributed by atoms with Crippen LogP contribution in [-0.2, 0) is 19.5 Å². The Morgan fingerprint density at radius 2 is 1.82 bits per heavy atom. The summed E-state index contributed by atoms with van der Waals surface area (Å²) >= 11 is 0. The third-order valence-electron chi connectivity index (χ3n) is 4.34. The second kappa shape index (κ2) is 12.3. The smallest absolute Gasteiger partial charge is 0.269 e. The van der Waals surface area contributed by atoms with E-state index in [4.69, 9.17) is 0 Å². The average Bonchev–Trinajstić information content (AvgIpc) is 2.95. The quantitative estimate of drug-likeness (QED) is 0.425. The van der Waals surface area contributed by atoms with Crippen molar-refractivity contribution < 1.29 is 19.5 Å². The topological polar surface area (TPSA) is 0 Å². The van der Waals surface area contributed by atoms with Crippen molar-refractivity contribution >= 4 is 9.52 Å². The normalized spacial score (nSPS) is 21.6. The van der Waals surface area contributed by atoms with Gasteiger partial charge in [-0.3, -0.25) is 12.2 Å². The third-order valence-corrected chi connectivity index (χ3v) is 5.97. The van der Waals surface area contributed by atoms with Gasteiger partial charge in [-0.15, -0.1) is 13.3 Å². The van der Waals surface area contributed by atoms with Crippen LogP contribution in [0.1, 0.15) is 60.3 Å². The molecule has 1 fully saturated rings. The van der Waals surface area contributed by atoms with Crippen molar-refractivity contribution in [2.24, 2.45) is 5.92 Å². The van der Waals surface area contributed by atoms with Gasteiger partial charge in [0, 0.05) is 9.52 Å². The van der Waals surface area contributed by atoms with Crippen molar-refractivity contribution in [2.45, 2.75) is 72.4 Å². The summed E-state index contributed by atoms with van der Waals surface area (Å²) in [6.07, 6.45) is 16.0. The molecule has 0 aromatic rings. The predicted molar refractivity (Wildman–Crippen MR) is 96.8 cm³/mol. The summed E-state index contributed by atoms with van der Waals surface area (Å²) in [6, 6.07) is 3.17. The van der Waals surface area contributed by atoms with E-state index >= 15 is 0 Å². The molecule has 0 aromatic carbocycles. The van der Waals surface area contributed by atoms with Crippen LogP contribution in [0.3, 0.4) is 0 Å². The minimum absolute atomic E-state index is 0. The fourth-order valence-corrected chi connectivity index (χ4v) is 2.67. The molecule has 0 saturated carbocycles. The van der Waals surface area contributed by atoms with Gasteiger partial charge in [-0.25, -0.2) is 17.2 Å².